The second-order valence-electron chi connectivity index (χ2n) is 6.41. The maximum atomic E-state index is 14.2. The van der Waals surface area contributed by atoms with Crippen molar-refractivity contribution in [1.82, 2.24) is 14.6 Å². The molecule has 0 aliphatic rings. The van der Waals surface area contributed by atoms with Crippen LogP contribution in [0, 0.1) is 19.7 Å². The monoisotopic (exact) mass is 363 g/mol. The molecule has 0 aliphatic carbocycles. The Balaban J connectivity index is 1.99. The molecule has 0 unspecified atom stereocenters. The maximum Gasteiger partial charge on any atom is 0.273 e. The molecule has 5 nitrogen and oxygen atoms in total. The Morgan fingerprint density at radius 2 is 1.89 bits per heavy atom. The first-order chi connectivity index (χ1) is 13.0. The Morgan fingerprint density at radius 3 is 2.59 bits per heavy atom. The fourth-order valence-corrected chi connectivity index (χ4v) is 3.34. The quantitative estimate of drug-likeness (QED) is 0.596. The van der Waals surface area contributed by atoms with E-state index in [1.807, 2.05) is 32.0 Å². The summed E-state index contributed by atoms with van der Waals surface area (Å²) in [6.45, 7) is 3.84. The SMILES string of the molecule is COc1ccc(-c2c(C)[nH]n3c(=O)cc(-c4ccccc4F)nc23)cc1C. The first-order valence-corrected chi connectivity index (χ1v) is 8.52. The number of ether oxygens (including phenoxy) is 1. The minimum absolute atomic E-state index is 0.294. The van der Waals surface area contributed by atoms with E-state index in [4.69, 9.17) is 4.74 Å². The predicted octanol–water partition coefficient (Wildman–Crippen LogP) is 4.12. The Kier molecular flexibility index (Phi) is 4.03. The molecule has 4 aromatic rings. The molecule has 2 aromatic heterocycles. The van der Waals surface area contributed by atoms with Crippen molar-refractivity contribution >= 4 is 5.65 Å². The molecule has 2 heterocycles. The molecule has 0 saturated heterocycles. The summed E-state index contributed by atoms with van der Waals surface area (Å²) >= 11 is 0. The van der Waals surface area contributed by atoms with Crippen molar-refractivity contribution in [2.24, 2.45) is 0 Å². The van der Waals surface area contributed by atoms with E-state index in [-0.39, 0.29) is 5.56 Å². The van der Waals surface area contributed by atoms with Gasteiger partial charge in [-0.1, -0.05) is 18.2 Å². The summed E-state index contributed by atoms with van der Waals surface area (Å²) in [7, 11) is 1.63. The number of hydrogen-bond donors (Lipinski definition) is 1. The van der Waals surface area contributed by atoms with Gasteiger partial charge in [0.25, 0.3) is 5.56 Å². The normalized spacial score (nSPS) is 11.1. The highest BCUT2D eigenvalue weighted by molar-refractivity contribution is 5.81. The molecule has 2 aromatic carbocycles. The number of aromatic amines is 1. The molecule has 27 heavy (non-hydrogen) atoms. The Hall–Kier alpha value is -3.41. The highest BCUT2D eigenvalue weighted by Crippen LogP contribution is 2.31. The fraction of sp³-hybridized carbons (Fsp3) is 0.143. The van der Waals surface area contributed by atoms with E-state index in [1.165, 1.54) is 16.6 Å². The average Bonchev–Trinajstić information content (AvgIpc) is 2.98. The standard InChI is InChI=1S/C21H18FN3O2/c1-12-10-14(8-9-18(12)27-3)20-13(2)24-25-19(26)11-17(23-21(20)25)15-6-4-5-7-16(15)22/h4-11,24H,1-3H3. The van der Waals surface area contributed by atoms with E-state index in [0.29, 0.717) is 16.9 Å². The molecule has 6 heteroatoms. The summed E-state index contributed by atoms with van der Waals surface area (Å²) < 4.78 is 20.9. The number of methoxy groups -OCH3 is 1. The van der Waals surface area contributed by atoms with Crippen molar-refractivity contribution in [3.05, 3.63) is 76.0 Å². The van der Waals surface area contributed by atoms with E-state index in [0.717, 1.165) is 28.1 Å². The number of nitrogens with one attached hydrogen (secondary N) is 1. The zero-order valence-electron chi connectivity index (χ0n) is 15.2. The molecule has 1 N–H and O–H groups in total. The molecule has 0 fully saturated rings. The van der Waals surface area contributed by atoms with Gasteiger partial charge in [0.15, 0.2) is 5.65 Å². The van der Waals surface area contributed by atoms with Crippen LogP contribution in [-0.2, 0) is 0 Å². The molecule has 0 amide bonds. The molecular formula is C21H18FN3O2. The van der Waals surface area contributed by atoms with Crippen LogP contribution in [0.4, 0.5) is 4.39 Å². The third-order valence-corrected chi connectivity index (χ3v) is 4.63. The van der Waals surface area contributed by atoms with Gasteiger partial charge in [0.1, 0.15) is 11.6 Å². The van der Waals surface area contributed by atoms with Gasteiger partial charge < -0.3 is 4.74 Å². The van der Waals surface area contributed by atoms with Gasteiger partial charge >= 0.3 is 0 Å². The van der Waals surface area contributed by atoms with Crippen molar-refractivity contribution in [3.63, 3.8) is 0 Å². The van der Waals surface area contributed by atoms with Gasteiger partial charge in [-0.25, -0.2) is 13.9 Å². The van der Waals surface area contributed by atoms with Crippen LogP contribution in [-0.4, -0.2) is 21.7 Å². The number of hydrogen-bond acceptors (Lipinski definition) is 3. The van der Waals surface area contributed by atoms with Gasteiger partial charge in [-0.2, -0.15) is 0 Å². The number of nitrogens with zero attached hydrogens (tertiary/aromatic N) is 2. The van der Waals surface area contributed by atoms with Crippen molar-refractivity contribution < 1.29 is 9.13 Å². The number of aromatic nitrogens is 3. The van der Waals surface area contributed by atoms with Gasteiger partial charge in [0.05, 0.1) is 12.8 Å². The second-order valence-corrected chi connectivity index (χ2v) is 6.41. The lowest BCUT2D eigenvalue weighted by Gasteiger charge is -2.08. The van der Waals surface area contributed by atoms with Gasteiger partial charge in [-0.15, -0.1) is 0 Å². The number of aryl methyl sites for hydroxylation is 2. The van der Waals surface area contributed by atoms with Crippen LogP contribution < -0.4 is 10.3 Å². The van der Waals surface area contributed by atoms with Gasteiger partial charge in [-0.05, 0) is 49.2 Å². The first-order valence-electron chi connectivity index (χ1n) is 8.52. The molecule has 4 rings (SSSR count). The summed E-state index contributed by atoms with van der Waals surface area (Å²) in [4.78, 5) is 17.2. The Morgan fingerprint density at radius 1 is 1.11 bits per heavy atom. The van der Waals surface area contributed by atoms with Crippen molar-refractivity contribution in [2.45, 2.75) is 13.8 Å². The highest BCUT2D eigenvalue weighted by Gasteiger charge is 2.17. The lowest BCUT2D eigenvalue weighted by atomic mass is 10.0. The first kappa shape index (κ1) is 17.0. The van der Waals surface area contributed by atoms with Crippen LogP contribution in [0.3, 0.4) is 0 Å². The summed E-state index contributed by atoms with van der Waals surface area (Å²) in [5.74, 6) is 0.372. The molecule has 0 atom stereocenters. The number of fused-ring (bicyclic) bond motifs is 1. The summed E-state index contributed by atoms with van der Waals surface area (Å²) in [5.41, 5.74) is 4.26. The van der Waals surface area contributed by atoms with Crippen LogP contribution in [0.5, 0.6) is 5.75 Å². The minimum atomic E-state index is -0.414. The van der Waals surface area contributed by atoms with Gasteiger partial charge in [-0.3, -0.25) is 9.89 Å². The predicted molar refractivity (Wildman–Crippen MR) is 103 cm³/mol. The third kappa shape index (κ3) is 2.79. The van der Waals surface area contributed by atoms with E-state index in [1.54, 1.807) is 25.3 Å². The topological polar surface area (TPSA) is 59.4 Å². The smallest absolute Gasteiger partial charge is 0.273 e. The summed E-state index contributed by atoms with van der Waals surface area (Å²) in [5, 5.41) is 3.05. The Labute approximate surface area is 155 Å². The maximum absolute atomic E-state index is 14.2. The summed E-state index contributed by atoms with van der Waals surface area (Å²) in [6.07, 6.45) is 0. The molecule has 136 valence electrons. The molecule has 0 radical (unpaired) electrons. The number of H-pyrrole nitrogens is 1. The van der Waals surface area contributed by atoms with Gasteiger partial charge in [0.2, 0.25) is 0 Å². The van der Waals surface area contributed by atoms with E-state index in [2.05, 4.69) is 10.1 Å². The van der Waals surface area contributed by atoms with E-state index < -0.39 is 5.82 Å². The highest BCUT2D eigenvalue weighted by atomic mass is 19.1. The zero-order valence-corrected chi connectivity index (χ0v) is 15.2. The number of halogens is 1. The van der Waals surface area contributed by atoms with Crippen molar-refractivity contribution in [3.8, 4) is 28.1 Å². The largest absolute Gasteiger partial charge is 0.496 e. The average molecular weight is 363 g/mol. The summed E-state index contributed by atoms with van der Waals surface area (Å²) in [6, 6.07) is 13.4. The molecule has 0 aliphatic heterocycles. The van der Waals surface area contributed by atoms with E-state index in [9.17, 15) is 9.18 Å². The lowest BCUT2D eigenvalue weighted by molar-refractivity contribution is 0.412. The molecular weight excluding hydrogens is 345 g/mol. The lowest BCUT2D eigenvalue weighted by Crippen LogP contribution is -2.14. The molecule has 0 saturated carbocycles. The van der Waals surface area contributed by atoms with Crippen LogP contribution in [0.1, 0.15) is 11.3 Å². The van der Waals surface area contributed by atoms with Crippen molar-refractivity contribution in [1.29, 1.82) is 0 Å². The van der Waals surface area contributed by atoms with Crippen LogP contribution >= 0.6 is 0 Å². The van der Waals surface area contributed by atoms with Crippen molar-refractivity contribution in [2.75, 3.05) is 7.11 Å². The van der Waals surface area contributed by atoms with Crippen LogP contribution in [0.15, 0.2) is 53.3 Å². The fourth-order valence-electron chi connectivity index (χ4n) is 3.34. The molecule has 0 spiro atoms. The number of benzene rings is 2. The zero-order chi connectivity index (χ0) is 19.1. The minimum Gasteiger partial charge on any atom is -0.496 e. The Bertz CT molecular complexity index is 1220. The van der Waals surface area contributed by atoms with Crippen LogP contribution in [0.2, 0.25) is 0 Å². The second kappa shape index (κ2) is 6.39. The third-order valence-electron chi connectivity index (χ3n) is 4.63. The van der Waals surface area contributed by atoms with Crippen LogP contribution in [0.25, 0.3) is 28.0 Å². The van der Waals surface area contributed by atoms with E-state index >= 15 is 0 Å². The molecule has 0 bridgehead atoms. The number of rotatable bonds is 3. The van der Waals surface area contributed by atoms with Gasteiger partial charge in [0, 0.05) is 22.9 Å².